The molecule has 1 rings (SSSR count). The van der Waals surface area contributed by atoms with Crippen molar-refractivity contribution in [1.29, 1.82) is 10.8 Å². The molecule has 0 unspecified atom stereocenters. The normalized spacial score (nSPS) is 10.3. The van der Waals surface area contributed by atoms with Gasteiger partial charge in [0.25, 0.3) is 0 Å². The van der Waals surface area contributed by atoms with E-state index in [2.05, 4.69) is 0 Å². The monoisotopic (exact) mass is 386 g/mol. The summed E-state index contributed by atoms with van der Waals surface area (Å²) in [6, 6.07) is 2.29. The second kappa shape index (κ2) is 6.85. The first-order valence-electron chi connectivity index (χ1n) is 4.80. The van der Waals surface area contributed by atoms with Gasteiger partial charge in [0.05, 0.1) is 0 Å². The van der Waals surface area contributed by atoms with E-state index in [1.807, 2.05) is 0 Å². The van der Waals surface area contributed by atoms with E-state index in [0.717, 1.165) is 12.1 Å². The summed E-state index contributed by atoms with van der Waals surface area (Å²) in [6.45, 7) is 0. The third kappa shape index (κ3) is 4.74. The van der Waals surface area contributed by atoms with Crippen molar-refractivity contribution in [1.82, 2.24) is 0 Å². The minimum absolute atomic E-state index is 0.0651. The molecule has 0 spiro atoms. The van der Waals surface area contributed by atoms with Gasteiger partial charge in [0, 0.05) is 0 Å². The van der Waals surface area contributed by atoms with Crippen molar-refractivity contribution in [3.05, 3.63) is 34.9 Å². The molecule has 0 radical (unpaired) electrons. The molecule has 4 nitrogen and oxygen atoms in total. The second-order valence-corrected chi connectivity index (χ2v) is 7.61. The van der Waals surface area contributed by atoms with Crippen LogP contribution in [0.1, 0.15) is 11.1 Å². The first-order valence-corrected chi connectivity index (χ1v) is 8.94. The maximum absolute atomic E-state index is 13.2. The molecule has 0 aliphatic rings. The van der Waals surface area contributed by atoms with E-state index in [9.17, 15) is 8.78 Å². The first kappa shape index (κ1) is 15.1. The summed E-state index contributed by atoms with van der Waals surface area (Å²) in [6.07, 6.45) is 0. The molecule has 6 N–H and O–H groups in total. The van der Waals surface area contributed by atoms with Gasteiger partial charge in [-0.05, 0) is 0 Å². The Hall–Kier alpha value is -0.941. The third-order valence-corrected chi connectivity index (χ3v) is 5.22. The van der Waals surface area contributed by atoms with Crippen molar-refractivity contribution in [2.24, 2.45) is 11.5 Å². The molecule has 0 bridgehead atoms. The number of nitrogens with two attached hydrogens (primary N) is 2. The van der Waals surface area contributed by atoms with Crippen LogP contribution in [0.25, 0.3) is 0 Å². The standard InChI is InChI=1S/C10H12F2N4Se2/c11-7-1-5(3-17-9(13)14)6(2-8(7)12)4-18-10(15)16/h1-2H,3-4H2,(H3,13,14)(H3,15,16). The van der Waals surface area contributed by atoms with Crippen LogP contribution in [-0.2, 0) is 10.6 Å². The van der Waals surface area contributed by atoms with E-state index in [4.69, 9.17) is 22.3 Å². The Morgan fingerprint density at radius 1 is 0.944 bits per heavy atom. The van der Waals surface area contributed by atoms with E-state index in [1.54, 1.807) is 0 Å². The fourth-order valence-corrected chi connectivity index (χ4v) is 3.64. The molecule has 0 saturated heterocycles. The average molecular weight is 384 g/mol. The number of rotatable bonds is 6. The fraction of sp³-hybridized carbons (Fsp3) is 0.200. The second-order valence-electron chi connectivity index (χ2n) is 3.34. The summed E-state index contributed by atoms with van der Waals surface area (Å²) in [5.74, 6) is -1.80. The Kier molecular flexibility index (Phi) is 5.75. The van der Waals surface area contributed by atoms with Gasteiger partial charge in [-0.3, -0.25) is 0 Å². The predicted octanol–water partition coefficient (Wildman–Crippen LogP) is 0.160. The van der Waals surface area contributed by atoms with Gasteiger partial charge in [-0.15, -0.1) is 0 Å². The molecule has 98 valence electrons. The molecule has 8 heteroatoms. The maximum atomic E-state index is 13.2. The Balaban J connectivity index is 2.93. The van der Waals surface area contributed by atoms with Gasteiger partial charge in [0.1, 0.15) is 0 Å². The van der Waals surface area contributed by atoms with Crippen LogP contribution in [0.15, 0.2) is 12.1 Å². The van der Waals surface area contributed by atoms with E-state index < -0.39 is 11.6 Å². The van der Waals surface area contributed by atoms with Crippen LogP contribution in [0.5, 0.6) is 0 Å². The third-order valence-electron chi connectivity index (χ3n) is 2.01. The van der Waals surface area contributed by atoms with Crippen LogP contribution < -0.4 is 11.5 Å². The van der Waals surface area contributed by atoms with Gasteiger partial charge >= 0.3 is 116 Å². The predicted molar refractivity (Wildman–Crippen MR) is 69.1 cm³/mol. The quantitative estimate of drug-likeness (QED) is 0.319. The van der Waals surface area contributed by atoms with Crippen LogP contribution in [0.3, 0.4) is 0 Å². The Bertz CT molecular complexity index is 436. The molecule has 0 fully saturated rings. The minimum atomic E-state index is -0.900. The number of nitrogens with one attached hydrogen (secondary N) is 2. The first-order chi connectivity index (χ1) is 8.40. The van der Waals surface area contributed by atoms with Gasteiger partial charge in [-0.25, -0.2) is 0 Å². The SMILES string of the molecule is N=C(N)[Se]Cc1cc(F)c(F)cc1C[Se]C(=N)N. The zero-order valence-corrected chi connectivity index (χ0v) is 12.7. The summed E-state index contributed by atoms with van der Waals surface area (Å²) in [7, 11) is 0. The van der Waals surface area contributed by atoms with Gasteiger partial charge in [-0.1, -0.05) is 0 Å². The molecule has 0 heterocycles. The average Bonchev–Trinajstić information content (AvgIpc) is 2.28. The molecular formula is C10H12F2N4Se2. The van der Waals surface area contributed by atoms with Crippen molar-refractivity contribution in [2.75, 3.05) is 0 Å². The zero-order chi connectivity index (χ0) is 13.7. The molecule has 1 aromatic carbocycles. The van der Waals surface area contributed by atoms with Crippen molar-refractivity contribution in [3.63, 3.8) is 0 Å². The van der Waals surface area contributed by atoms with Gasteiger partial charge in [0.2, 0.25) is 0 Å². The van der Waals surface area contributed by atoms with Crippen LogP contribution in [0.4, 0.5) is 8.78 Å². The van der Waals surface area contributed by atoms with E-state index in [1.165, 1.54) is 0 Å². The number of amidine groups is 2. The van der Waals surface area contributed by atoms with Crippen LogP contribution in [0.2, 0.25) is 0 Å². The van der Waals surface area contributed by atoms with Gasteiger partial charge in [-0.2, -0.15) is 0 Å². The molecular weight excluding hydrogens is 372 g/mol. The Morgan fingerprint density at radius 3 is 1.56 bits per heavy atom. The number of hydrogen-bond donors (Lipinski definition) is 4. The Morgan fingerprint density at radius 2 is 1.28 bits per heavy atom. The topological polar surface area (TPSA) is 99.7 Å². The molecule has 0 saturated carbocycles. The summed E-state index contributed by atoms with van der Waals surface area (Å²) < 4.78 is 26.5. The summed E-state index contributed by atoms with van der Waals surface area (Å²) in [4.78, 5) is 0. The molecule has 0 atom stereocenters. The number of halogens is 2. The number of hydrogen-bond acceptors (Lipinski definition) is 2. The summed E-state index contributed by atoms with van der Waals surface area (Å²) in [5, 5.41) is 15.2. The molecule has 1 aromatic rings. The van der Waals surface area contributed by atoms with Crippen molar-refractivity contribution >= 4 is 39.4 Å². The van der Waals surface area contributed by atoms with Crippen molar-refractivity contribution in [3.8, 4) is 0 Å². The van der Waals surface area contributed by atoms with Crippen LogP contribution in [0, 0.1) is 22.5 Å². The summed E-state index contributed by atoms with van der Waals surface area (Å²) >= 11 is -0.523. The van der Waals surface area contributed by atoms with Gasteiger partial charge < -0.3 is 0 Å². The molecule has 0 aliphatic carbocycles. The molecule has 0 aliphatic heterocycles. The zero-order valence-electron chi connectivity index (χ0n) is 9.30. The molecule has 0 aromatic heterocycles. The van der Waals surface area contributed by atoms with Crippen molar-refractivity contribution in [2.45, 2.75) is 10.6 Å². The van der Waals surface area contributed by atoms with E-state index in [0.29, 0.717) is 21.8 Å². The van der Waals surface area contributed by atoms with Crippen molar-refractivity contribution < 1.29 is 8.78 Å². The van der Waals surface area contributed by atoms with E-state index in [-0.39, 0.29) is 39.4 Å². The Labute approximate surface area is 116 Å². The number of benzene rings is 1. The van der Waals surface area contributed by atoms with Crippen LogP contribution in [-0.4, -0.2) is 39.4 Å². The fourth-order valence-electron chi connectivity index (χ4n) is 1.21. The van der Waals surface area contributed by atoms with Crippen LogP contribution >= 0.6 is 0 Å². The van der Waals surface area contributed by atoms with E-state index >= 15 is 0 Å². The van der Waals surface area contributed by atoms with Gasteiger partial charge in [0.15, 0.2) is 0 Å². The summed E-state index contributed by atoms with van der Waals surface area (Å²) in [5.41, 5.74) is 11.8. The molecule has 18 heavy (non-hydrogen) atoms. The molecule has 0 amide bonds.